The quantitative estimate of drug-likeness (QED) is 0.863. The lowest BCUT2D eigenvalue weighted by molar-refractivity contribution is 0.0577. The predicted molar refractivity (Wildman–Crippen MR) is 89.5 cm³/mol. The highest BCUT2D eigenvalue weighted by atomic mass is 35.5. The van der Waals surface area contributed by atoms with E-state index >= 15 is 0 Å². The fraction of sp³-hybridized carbons (Fsp3) is 0.375. The summed E-state index contributed by atoms with van der Waals surface area (Å²) in [6.07, 6.45) is 0. The van der Waals surface area contributed by atoms with Crippen LogP contribution in [0, 0.1) is 0 Å². The molecule has 2 aromatic rings. The Hall–Kier alpha value is -1.43. The zero-order chi connectivity index (χ0) is 15.5. The largest absolute Gasteiger partial charge is 0.335 e. The van der Waals surface area contributed by atoms with Gasteiger partial charge in [-0.15, -0.1) is 11.3 Å². The van der Waals surface area contributed by atoms with Gasteiger partial charge in [-0.25, -0.2) is 4.98 Å². The normalized spacial score (nSPS) is 17.5. The third-order valence-electron chi connectivity index (χ3n) is 4.15. The number of hydrogen-bond acceptors (Lipinski definition) is 4. The lowest BCUT2D eigenvalue weighted by Crippen LogP contribution is -2.49. The van der Waals surface area contributed by atoms with E-state index in [9.17, 15) is 4.79 Å². The van der Waals surface area contributed by atoms with Gasteiger partial charge >= 0.3 is 0 Å². The summed E-state index contributed by atoms with van der Waals surface area (Å²) in [7, 11) is 0. The van der Waals surface area contributed by atoms with Crippen LogP contribution in [0.25, 0.3) is 0 Å². The van der Waals surface area contributed by atoms with Gasteiger partial charge in [-0.3, -0.25) is 9.69 Å². The fourth-order valence-corrected chi connectivity index (χ4v) is 3.40. The zero-order valence-electron chi connectivity index (χ0n) is 12.4. The Balaban J connectivity index is 1.59. The van der Waals surface area contributed by atoms with Gasteiger partial charge in [-0.1, -0.05) is 23.7 Å². The monoisotopic (exact) mass is 335 g/mol. The van der Waals surface area contributed by atoms with Crippen molar-refractivity contribution < 1.29 is 4.79 Å². The standard InChI is InChI=1S/C16H18ClN3OS/c1-12(13-2-4-14(17)5-3-13)19-6-8-20(9-7-19)16(21)15-10-22-11-18-15/h2-5,10-12H,6-9H2,1H3/t12-/m1/s1. The summed E-state index contributed by atoms with van der Waals surface area (Å²) >= 11 is 7.40. The van der Waals surface area contributed by atoms with Gasteiger partial charge in [0.25, 0.3) is 5.91 Å². The van der Waals surface area contributed by atoms with Crippen LogP contribution in [0.2, 0.25) is 5.02 Å². The van der Waals surface area contributed by atoms with E-state index in [0.717, 1.165) is 31.2 Å². The molecule has 0 saturated carbocycles. The number of hydrogen-bond donors (Lipinski definition) is 0. The highest BCUT2D eigenvalue weighted by Gasteiger charge is 2.26. The zero-order valence-corrected chi connectivity index (χ0v) is 14.0. The molecule has 0 spiro atoms. The van der Waals surface area contributed by atoms with Crippen LogP contribution in [0.15, 0.2) is 35.2 Å². The predicted octanol–water partition coefficient (Wildman–Crippen LogP) is 3.32. The summed E-state index contributed by atoms with van der Waals surface area (Å²) in [5.41, 5.74) is 3.51. The van der Waals surface area contributed by atoms with Crippen LogP contribution in [-0.2, 0) is 0 Å². The number of aromatic nitrogens is 1. The van der Waals surface area contributed by atoms with Gasteiger partial charge in [0.05, 0.1) is 5.51 Å². The first kappa shape index (κ1) is 15.5. The van der Waals surface area contributed by atoms with Gasteiger partial charge in [0.1, 0.15) is 5.69 Å². The van der Waals surface area contributed by atoms with Crippen molar-refractivity contribution in [2.75, 3.05) is 26.2 Å². The average Bonchev–Trinajstić information content (AvgIpc) is 3.09. The first-order valence-corrected chi connectivity index (χ1v) is 8.64. The molecule has 1 amide bonds. The van der Waals surface area contributed by atoms with E-state index in [4.69, 9.17) is 11.6 Å². The average molecular weight is 336 g/mol. The molecule has 0 aliphatic carbocycles. The van der Waals surface area contributed by atoms with Crippen LogP contribution in [0.5, 0.6) is 0 Å². The molecule has 1 aliphatic heterocycles. The first-order valence-electron chi connectivity index (χ1n) is 7.32. The van der Waals surface area contributed by atoms with Crippen LogP contribution >= 0.6 is 22.9 Å². The number of thiazole rings is 1. The molecule has 1 aliphatic rings. The molecule has 0 bridgehead atoms. The first-order chi connectivity index (χ1) is 10.6. The minimum absolute atomic E-state index is 0.0417. The van der Waals surface area contributed by atoms with Gasteiger partial charge in [0, 0.05) is 42.6 Å². The van der Waals surface area contributed by atoms with Crippen molar-refractivity contribution in [2.45, 2.75) is 13.0 Å². The molecule has 0 unspecified atom stereocenters. The van der Waals surface area contributed by atoms with Gasteiger partial charge < -0.3 is 4.90 Å². The van der Waals surface area contributed by atoms with Gasteiger partial charge in [0.15, 0.2) is 0 Å². The lowest BCUT2D eigenvalue weighted by Gasteiger charge is -2.38. The van der Waals surface area contributed by atoms with E-state index in [0.29, 0.717) is 11.7 Å². The molecule has 1 fully saturated rings. The van der Waals surface area contributed by atoms with Crippen LogP contribution in [0.4, 0.5) is 0 Å². The summed E-state index contributed by atoms with van der Waals surface area (Å²) in [5, 5.41) is 2.57. The van der Waals surface area contributed by atoms with Crippen LogP contribution in [0.3, 0.4) is 0 Å². The van der Waals surface area contributed by atoms with Crippen molar-refractivity contribution in [3.63, 3.8) is 0 Å². The second-order valence-corrected chi connectivity index (χ2v) is 6.58. The number of amides is 1. The molecule has 1 aromatic carbocycles. The molecule has 1 aromatic heterocycles. The van der Waals surface area contributed by atoms with E-state index in [-0.39, 0.29) is 5.91 Å². The van der Waals surface area contributed by atoms with Crippen LogP contribution in [-0.4, -0.2) is 46.9 Å². The summed E-state index contributed by atoms with van der Waals surface area (Å²) in [4.78, 5) is 20.7. The summed E-state index contributed by atoms with van der Waals surface area (Å²) in [6, 6.07) is 8.32. The second kappa shape index (κ2) is 6.77. The molecular formula is C16H18ClN3OS. The maximum Gasteiger partial charge on any atom is 0.273 e. The van der Waals surface area contributed by atoms with Gasteiger partial charge in [0.2, 0.25) is 0 Å². The SMILES string of the molecule is C[C@H](c1ccc(Cl)cc1)N1CCN(C(=O)c2cscn2)CC1. The number of rotatable bonds is 3. The van der Waals surface area contributed by atoms with E-state index in [1.165, 1.54) is 16.9 Å². The Labute approximate surface area is 139 Å². The molecule has 0 radical (unpaired) electrons. The molecule has 6 heteroatoms. The molecule has 3 rings (SSSR count). The molecule has 0 N–H and O–H groups in total. The molecule has 22 heavy (non-hydrogen) atoms. The van der Waals surface area contributed by atoms with Gasteiger partial charge in [-0.05, 0) is 24.6 Å². The van der Waals surface area contributed by atoms with Crippen molar-refractivity contribution in [3.05, 3.63) is 51.4 Å². The van der Waals surface area contributed by atoms with Crippen LogP contribution in [0.1, 0.15) is 29.0 Å². The maximum absolute atomic E-state index is 12.3. The molecule has 1 saturated heterocycles. The van der Waals surface area contributed by atoms with Crippen molar-refractivity contribution in [2.24, 2.45) is 0 Å². The Kier molecular flexibility index (Phi) is 4.76. The van der Waals surface area contributed by atoms with Crippen molar-refractivity contribution in [1.82, 2.24) is 14.8 Å². The van der Waals surface area contributed by atoms with E-state index in [1.54, 1.807) is 5.51 Å². The van der Waals surface area contributed by atoms with Crippen LogP contribution < -0.4 is 0 Å². The Morgan fingerprint density at radius 3 is 2.50 bits per heavy atom. The number of carbonyl (C=O) groups excluding carboxylic acids is 1. The summed E-state index contributed by atoms with van der Waals surface area (Å²) in [6.45, 7) is 5.43. The minimum atomic E-state index is 0.0417. The molecule has 1 atom stereocenters. The molecule has 2 heterocycles. The number of carbonyl (C=O) groups is 1. The van der Waals surface area contributed by atoms with Crippen molar-refractivity contribution in [1.29, 1.82) is 0 Å². The van der Waals surface area contributed by atoms with Crippen molar-refractivity contribution in [3.8, 4) is 0 Å². The fourth-order valence-electron chi connectivity index (χ4n) is 2.74. The second-order valence-electron chi connectivity index (χ2n) is 5.43. The molecular weight excluding hydrogens is 318 g/mol. The Morgan fingerprint density at radius 2 is 1.91 bits per heavy atom. The van der Waals surface area contributed by atoms with Crippen molar-refractivity contribution >= 4 is 28.8 Å². The smallest absolute Gasteiger partial charge is 0.273 e. The molecule has 116 valence electrons. The lowest BCUT2D eigenvalue weighted by atomic mass is 10.1. The maximum atomic E-state index is 12.3. The summed E-state index contributed by atoms with van der Waals surface area (Å²) < 4.78 is 0. The van der Waals surface area contributed by atoms with E-state index in [2.05, 4.69) is 28.9 Å². The van der Waals surface area contributed by atoms with Gasteiger partial charge in [-0.2, -0.15) is 0 Å². The summed E-state index contributed by atoms with van der Waals surface area (Å²) in [5.74, 6) is 0.0417. The number of nitrogens with zero attached hydrogens (tertiary/aromatic N) is 3. The van der Waals surface area contributed by atoms with E-state index in [1.807, 2.05) is 22.4 Å². The minimum Gasteiger partial charge on any atom is -0.335 e. The third kappa shape index (κ3) is 3.32. The highest BCUT2D eigenvalue weighted by molar-refractivity contribution is 7.07. The highest BCUT2D eigenvalue weighted by Crippen LogP contribution is 2.23. The third-order valence-corrected chi connectivity index (χ3v) is 4.99. The number of piperazine rings is 1. The number of benzene rings is 1. The Bertz CT molecular complexity index is 621. The number of halogens is 1. The molecule has 4 nitrogen and oxygen atoms in total. The van der Waals surface area contributed by atoms with E-state index < -0.39 is 0 Å². The topological polar surface area (TPSA) is 36.4 Å². The Morgan fingerprint density at radius 1 is 1.23 bits per heavy atom.